The number of hydrogen-bond donors (Lipinski definition) is 1. The molecule has 0 aliphatic heterocycles. The third-order valence-electron chi connectivity index (χ3n) is 2.33. The topological polar surface area (TPSA) is 112 Å². The Labute approximate surface area is 109 Å². The summed E-state index contributed by atoms with van der Waals surface area (Å²) in [6, 6.07) is 2.97. The quantitative estimate of drug-likeness (QED) is 0.619. The van der Waals surface area contributed by atoms with Crippen molar-refractivity contribution in [1.82, 2.24) is 9.88 Å². The lowest BCUT2D eigenvalue weighted by molar-refractivity contribution is -0.385. The van der Waals surface area contributed by atoms with Crippen molar-refractivity contribution in [2.24, 2.45) is 0 Å². The smallest absolute Gasteiger partial charge is 0.289 e. The van der Waals surface area contributed by atoms with Crippen LogP contribution in [-0.4, -0.2) is 41.4 Å². The Kier molecular flexibility index (Phi) is 4.76. The summed E-state index contributed by atoms with van der Waals surface area (Å²) in [4.78, 5) is 26.5. The van der Waals surface area contributed by atoms with Gasteiger partial charge in [0.25, 0.3) is 5.69 Å². The minimum Gasteiger partial charge on any atom is -0.368 e. The first-order valence-electron chi connectivity index (χ1n) is 5.44. The van der Waals surface area contributed by atoms with Crippen molar-refractivity contribution in [3.63, 3.8) is 0 Å². The summed E-state index contributed by atoms with van der Waals surface area (Å²) in [5, 5.41) is 22.3. The molecule has 0 atom stereocenters. The van der Waals surface area contributed by atoms with E-state index in [-0.39, 0.29) is 29.4 Å². The molecule has 1 aromatic rings. The highest BCUT2D eigenvalue weighted by atomic mass is 16.6. The molecule has 1 N–H and O–H groups in total. The highest BCUT2D eigenvalue weighted by Crippen LogP contribution is 2.17. The first kappa shape index (κ1) is 14.4. The number of nitriles is 1. The van der Waals surface area contributed by atoms with Gasteiger partial charge >= 0.3 is 0 Å². The Balaban J connectivity index is 2.72. The Hall–Kier alpha value is -2.69. The van der Waals surface area contributed by atoms with E-state index in [0.717, 1.165) is 12.3 Å². The third-order valence-corrected chi connectivity index (χ3v) is 2.33. The standard InChI is InChI=1S/C11H13N5O3/c1-15(2)10(17)3-4-13-11-8(6-12)5-9(7-14-11)16(18)19/h5,7H,3-4H2,1-2H3,(H,13,14). The zero-order valence-electron chi connectivity index (χ0n) is 10.6. The van der Waals surface area contributed by atoms with E-state index in [9.17, 15) is 14.9 Å². The van der Waals surface area contributed by atoms with Crippen LogP contribution in [0.1, 0.15) is 12.0 Å². The number of carbonyl (C=O) groups is 1. The molecular weight excluding hydrogens is 250 g/mol. The zero-order valence-corrected chi connectivity index (χ0v) is 10.6. The second-order valence-electron chi connectivity index (χ2n) is 3.92. The summed E-state index contributed by atoms with van der Waals surface area (Å²) < 4.78 is 0. The molecule has 0 radical (unpaired) electrons. The lowest BCUT2D eigenvalue weighted by Crippen LogP contribution is -2.24. The number of anilines is 1. The molecule has 0 aliphatic rings. The van der Waals surface area contributed by atoms with Crippen molar-refractivity contribution in [2.75, 3.05) is 26.0 Å². The van der Waals surface area contributed by atoms with Crippen LogP contribution in [0.25, 0.3) is 0 Å². The van der Waals surface area contributed by atoms with Crippen LogP contribution in [0, 0.1) is 21.4 Å². The van der Waals surface area contributed by atoms with Crippen molar-refractivity contribution >= 4 is 17.4 Å². The van der Waals surface area contributed by atoms with Crippen molar-refractivity contribution in [3.05, 3.63) is 27.9 Å². The molecule has 0 unspecified atom stereocenters. The molecule has 0 bridgehead atoms. The van der Waals surface area contributed by atoms with Crippen molar-refractivity contribution < 1.29 is 9.72 Å². The fourth-order valence-corrected chi connectivity index (χ4v) is 1.29. The van der Waals surface area contributed by atoms with Gasteiger partial charge in [0.1, 0.15) is 23.6 Å². The van der Waals surface area contributed by atoms with Crippen molar-refractivity contribution in [2.45, 2.75) is 6.42 Å². The van der Waals surface area contributed by atoms with Gasteiger partial charge in [0.15, 0.2) is 0 Å². The number of carbonyl (C=O) groups excluding carboxylic acids is 1. The van der Waals surface area contributed by atoms with E-state index in [2.05, 4.69) is 10.3 Å². The molecule has 19 heavy (non-hydrogen) atoms. The van der Waals surface area contributed by atoms with Gasteiger partial charge in [0, 0.05) is 33.1 Å². The SMILES string of the molecule is CN(C)C(=O)CCNc1ncc([N+](=O)[O-])cc1C#N. The lowest BCUT2D eigenvalue weighted by Gasteiger charge is -2.11. The molecular formula is C11H13N5O3. The van der Waals surface area contributed by atoms with Crippen LogP contribution in [0.5, 0.6) is 0 Å². The molecule has 8 nitrogen and oxygen atoms in total. The van der Waals surface area contributed by atoms with Crippen LogP contribution >= 0.6 is 0 Å². The number of amides is 1. The van der Waals surface area contributed by atoms with Crippen LogP contribution < -0.4 is 5.32 Å². The molecule has 0 spiro atoms. The Bertz CT molecular complexity index is 536. The average Bonchev–Trinajstić information content (AvgIpc) is 2.38. The van der Waals surface area contributed by atoms with Crippen LogP contribution in [0.4, 0.5) is 11.5 Å². The Morgan fingerprint density at radius 1 is 1.63 bits per heavy atom. The second-order valence-corrected chi connectivity index (χ2v) is 3.92. The molecule has 8 heteroatoms. The van der Waals surface area contributed by atoms with Gasteiger partial charge in [-0.15, -0.1) is 0 Å². The van der Waals surface area contributed by atoms with Gasteiger partial charge in [0.2, 0.25) is 5.91 Å². The first-order chi connectivity index (χ1) is 8.95. The van der Waals surface area contributed by atoms with Gasteiger partial charge in [-0.05, 0) is 0 Å². The van der Waals surface area contributed by atoms with Crippen molar-refractivity contribution in [1.29, 1.82) is 5.26 Å². The van der Waals surface area contributed by atoms with E-state index in [1.54, 1.807) is 14.1 Å². The predicted molar refractivity (Wildman–Crippen MR) is 67.4 cm³/mol. The molecule has 0 aromatic carbocycles. The Morgan fingerprint density at radius 2 is 2.32 bits per heavy atom. The molecule has 0 fully saturated rings. The average molecular weight is 263 g/mol. The minimum absolute atomic E-state index is 0.0621. The summed E-state index contributed by atoms with van der Waals surface area (Å²) in [6.07, 6.45) is 1.31. The number of nitrogens with zero attached hydrogens (tertiary/aromatic N) is 4. The lowest BCUT2D eigenvalue weighted by atomic mass is 10.2. The van der Waals surface area contributed by atoms with Gasteiger partial charge in [-0.25, -0.2) is 4.98 Å². The largest absolute Gasteiger partial charge is 0.368 e. The van der Waals surface area contributed by atoms with Crippen LogP contribution in [0.15, 0.2) is 12.3 Å². The third kappa shape index (κ3) is 3.92. The van der Waals surface area contributed by atoms with E-state index in [1.807, 2.05) is 6.07 Å². The summed E-state index contributed by atoms with van der Waals surface area (Å²) in [5.74, 6) is 0.174. The molecule has 0 aliphatic carbocycles. The number of aromatic nitrogens is 1. The maximum Gasteiger partial charge on any atom is 0.289 e. The second kappa shape index (κ2) is 6.30. The van der Waals surface area contributed by atoms with E-state index < -0.39 is 4.92 Å². The van der Waals surface area contributed by atoms with E-state index in [1.165, 1.54) is 4.90 Å². The number of nitro groups is 1. The van der Waals surface area contributed by atoms with E-state index >= 15 is 0 Å². The molecule has 1 aromatic heterocycles. The molecule has 0 saturated heterocycles. The highest BCUT2D eigenvalue weighted by molar-refractivity contribution is 5.76. The summed E-state index contributed by atoms with van der Waals surface area (Å²) in [6.45, 7) is 0.302. The summed E-state index contributed by atoms with van der Waals surface area (Å²) in [5.41, 5.74) is -0.169. The number of hydrogen-bond acceptors (Lipinski definition) is 6. The van der Waals surface area contributed by atoms with Gasteiger partial charge < -0.3 is 10.2 Å². The van der Waals surface area contributed by atoms with Crippen LogP contribution in [0.2, 0.25) is 0 Å². The van der Waals surface area contributed by atoms with Gasteiger partial charge in [-0.3, -0.25) is 14.9 Å². The zero-order chi connectivity index (χ0) is 14.4. The van der Waals surface area contributed by atoms with Crippen LogP contribution in [-0.2, 0) is 4.79 Å². The molecule has 100 valence electrons. The molecule has 1 amide bonds. The maximum absolute atomic E-state index is 11.3. The summed E-state index contributed by atoms with van der Waals surface area (Å²) >= 11 is 0. The van der Waals surface area contributed by atoms with Crippen molar-refractivity contribution in [3.8, 4) is 6.07 Å². The fraction of sp³-hybridized carbons (Fsp3) is 0.364. The minimum atomic E-state index is -0.618. The number of pyridine rings is 1. The summed E-state index contributed by atoms with van der Waals surface area (Å²) in [7, 11) is 3.29. The van der Waals surface area contributed by atoms with Gasteiger partial charge in [0.05, 0.1) is 4.92 Å². The van der Waals surface area contributed by atoms with E-state index in [4.69, 9.17) is 5.26 Å². The van der Waals surface area contributed by atoms with Gasteiger partial charge in [-0.1, -0.05) is 0 Å². The fourth-order valence-electron chi connectivity index (χ4n) is 1.29. The number of rotatable bonds is 5. The van der Waals surface area contributed by atoms with E-state index in [0.29, 0.717) is 6.54 Å². The molecule has 1 heterocycles. The first-order valence-corrected chi connectivity index (χ1v) is 5.44. The highest BCUT2D eigenvalue weighted by Gasteiger charge is 2.12. The molecule has 0 saturated carbocycles. The van der Waals surface area contributed by atoms with Gasteiger partial charge in [-0.2, -0.15) is 5.26 Å². The predicted octanol–water partition coefficient (Wildman–Crippen LogP) is 0.752. The van der Waals surface area contributed by atoms with Crippen LogP contribution in [0.3, 0.4) is 0 Å². The maximum atomic E-state index is 11.3. The molecule has 1 rings (SSSR count). The Morgan fingerprint density at radius 3 is 2.84 bits per heavy atom. The normalized spacial score (nSPS) is 9.53. The monoisotopic (exact) mass is 263 g/mol. The number of nitrogens with one attached hydrogen (secondary N) is 1.